The van der Waals surface area contributed by atoms with Crippen LogP contribution >= 0.6 is 0 Å². The summed E-state index contributed by atoms with van der Waals surface area (Å²) in [5.41, 5.74) is 2.09. The van der Waals surface area contributed by atoms with Crippen molar-refractivity contribution in [2.24, 2.45) is 0 Å². The van der Waals surface area contributed by atoms with E-state index in [1.807, 2.05) is 12.1 Å². The average Bonchev–Trinajstić information content (AvgIpc) is 3.17. The molecule has 0 radical (unpaired) electrons. The van der Waals surface area contributed by atoms with E-state index in [9.17, 15) is 4.79 Å². The maximum atomic E-state index is 11.5. The molecule has 21 heavy (non-hydrogen) atoms. The highest BCUT2D eigenvalue weighted by atomic mass is 16.7. The van der Waals surface area contributed by atoms with Gasteiger partial charge in [-0.1, -0.05) is 17.3 Å². The van der Waals surface area contributed by atoms with E-state index < -0.39 is 6.29 Å². The molecule has 3 rings (SSSR count). The quantitative estimate of drug-likeness (QED) is 0.786. The molecule has 7 heteroatoms. The van der Waals surface area contributed by atoms with E-state index in [0.717, 1.165) is 5.56 Å². The summed E-state index contributed by atoms with van der Waals surface area (Å²) in [6.45, 7) is 1.64. The third-order valence-corrected chi connectivity index (χ3v) is 3.11. The van der Waals surface area contributed by atoms with Crippen molar-refractivity contribution in [2.45, 2.75) is 12.8 Å². The molecule has 7 nitrogen and oxygen atoms in total. The van der Waals surface area contributed by atoms with Crippen molar-refractivity contribution < 1.29 is 19.0 Å². The van der Waals surface area contributed by atoms with Crippen molar-refractivity contribution in [3.05, 3.63) is 47.3 Å². The predicted octanol–water partition coefficient (Wildman–Crippen LogP) is 1.16. The first-order valence-corrected chi connectivity index (χ1v) is 6.57. The second kappa shape index (κ2) is 6.02. The van der Waals surface area contributed by atoms with Crippen molar-refractivity contribution in [2.75, 3.05) is 20.3 Å². The maximum Gasteiger partial charge on any atom is 0.337 e. The molecule has 0 bridgehead atoms. The molecule has 0 aliphatic carbocycles. The van der Waals surface area contributed by atoms with Crippen LogP contribution in [0.5, 0.6) is 0 Å². The highest BCUT2D eigenvalue weighted by molar-refractivity contribution is 5.89. The molecule has 0 atom stereocenters. The van der Waals surface area contributed by atoms with Crippen LogP contribution in [0.25, 0.3) is 0 Å². The van der Waals surface area contributed by atoms with Crippen LogP contribution in [-0.4, -0.2) is 41.3 Å². The van der Waals surface area contributed by atoms with Gasteiger partial charge in [0.25, 0.3) is 0 Å². The van der Waals surface area contributed by atoms with Crippen LogP contribution in [0.4, 0.5) is 0 Å². The first kappa shape index (κ1) is 13.7. The number of nitrogens with zero attached hydrogens (tertiary/aromatic N) is 3. The molecule has 110 valence electrons. The van der Waals surface area contributed by atoms with Crippen LogP contribution in [0.3, 0.4) is 0 Å². The van der Waals surface area contributed by atoms with E-state index in [1.165, 1.54) is 7.11 Å². The number of hydrogen-bond donors (Lipinski definition) is 0. The molecule has 1 aliphatic heterocycles. The monoisotopic (exact) mass is 289 g/mol. The normalized spacial score (nSPS) is 15.3. The van der Waals surface area contributed by atoms with Gasteiger partial charge in [0.2, 0.25) is 6.29 Å². The minimum atomic E-state index is -0.430. The summed E-state index contributed by atoms with van der Waals surface area (Å²) in [4.78, 5) is 11.5. The zero-order valence-electron chi connectivity index (χ0n) is 11.6. The van der Waals surface area contributed by atoms with Gasteiger partial charge in [-0.2, -0.15) is 0 Å². The van der Waals surface area contributed by atoms with Crippen LogP contribution in [0.2, 0.25) is 0 Å². The Bertz CT molecular complexity index is 635. The van der Waals surface area contributed by atoms with Gasteiger partial charge in [-0.3, -0.25) is 0 Å². The Balaban J connectivity index is 1.73. The van der Waals surface area contributed by atoms with Gasteiger partial charge >= 0.3 is 5.97 Å². The SMILES string of the molecule is COC(=O)c1cccc(Cn2cc(C3OCCO3)nn2)c1. The largest absolute Gasteiger partial charge is 0.465 e. The fourth-order valence-electron chi connectivity index (χ4n) is 2.13. The van der Waals surface area contributed by atoms with Crippen molar-refractivity contribution in [1.82, 2.24) is 15.0 Å². The van der Waals surface area contributed by atoms with E-state index in [1.54, 1.807) is 23.0 Å². The van der Waals surface area contributed by atoms with Crippen molar-refractivity contribution in [3.63, 3.8) is 0 Å². The van der Waals surface area contributed by atoms with E-state index in [2.05, 4.69) is 10.3 Å². The third-order valence-electron chi connectivity index (χ3n) is 3.11. The van der Waals surface area contributed by atoms with Gasteiger partial charge < -0.3 is 14.2 Å². The van der Waals surface area contributed by atoms with Gasteiger partial charge in [0.1, 0.15) is 5.69 Å². The van der Waals surface area contributed by atoms with Gasteiger partial charge in [-0.25, -0.2) is 9.48 Å². The molecule has 0 spiro atoms. The molecule has 0 amide bonds. The fraction of sp³-hybridized carbons (Fsp3) is 0.357. The Morgan fingerprint density at radius 2 is 2.24 bits per heavy atom. The summed E-state index contributed by atoms with van der Waals surface area (Å²) in [6, 6.07) is 7.21. The Kier molecular flexibility index (Phi) is 3.94. The smallest absolute Gasteiger partial charge is 0.337 e. The van der Waals surface area contributed by atoms with Crippen LogP contribution in [0.15, 0.2) is 30.5 Å². The fourth-order valence-corrected chi connectivity index (χ4v) is 2.13. The molecular weight excluding hydrogens is 274 g/mol. The second-order valence-corrected chi connectivity index (χ2v) is 4.61. The molecule has 1 aromatic heterocycles. The predicted molar refractivity (Wildman–Crippen MR) is 71.6 cm³/mol. The number of methoxy groups -OCH3 is 1. The summed E-state index contributed by atoms with van der Waals surface area (Å²) >= 11 is 0. The van der Waals surface area contributed by atoms with Crippen LogP contribution in [-0.2, 0) is 20.8 Å². The van der Waals surface area contributed by atoms with Gasteiger partial charge in [-0.05, 0) is 17.7 Å². The highest BCUT2D eigenvalue weighted by Crippen LogP contribution is 2.20. The molecule has 2 aromatic rings. The zero-order chi connectivity index (χ0) is 14.7. The summed E-state index contributed by atoms with van der Waals surface area (Å²) in [7, 11) is 1.36. The first-order valence-electron chi connectivity index (χ1n) is 6.57. The summed E-state index contributed by atoms with van der Waals surface area (Å²) in [5, 5.41) is 8.08. The van der Waals surface area contributed by atoms with Gasteiger partial charge in [0.05, 0.1) is 38.6 Å². The van der Waals surface area contributed by atoms with Crippen LogP contribution in [0, 0.1) is 0 Å². The topological polar surface area (TPSA) is 75.5 Å². The Labute approximate surface area is 121 Å². The third kappa shape index (κ3) is 3.09. The van der Waals surface area contributed by atoms with Gasteiger partial charge in [-0.15, -0.1) is 5.10 Å². The van der Waals surface area contributed by atoms with Crippen molar-refractivity contribution in [1.29, 1.82) is 0 Å². The van der Waals surface area contributed by atoms with Crippen molar-refractivity contribution >= 4 is 5.97 Å². The van der Waals surface area contributed by atoms with E-state index in [-0.39, 0.29) is 5.97 Å². The Hall–Kier alpha value is -2.25. The second-order valence-electron chi connectivity index (χ2n) is 4.61. The van der Waals surface area contributed by atoms with E-state index in [4.69, 9.17) is 14.2 Å². The molecule has 0 saturated carbocycles. The number of benzene rings is 1. The van der Waals surface area contributed by atoms with Gasteiger partial charge in [0, 0.05) is 0 Å². The summed E-state index contributed by atoms with van der Waals surface area (Å²) in [6.07, 6.45) is 1.35. The number of aromatic nitrogens is 3. The summed E-state index contributed by atoms with van der Waals surface area (Å²) < 4.78 is 17.1. The lowest BCUT2D eigenvalue weighted by molar-refractivity contribution is -0.0473. The molecule has 1 aromatic carbocycles. The maximum absolute atomic E-state index is 11.5. The number of ether oxygens (including phenoxy) is 3. The van der Waals surface area contributed by atoms with Gasteiger partial charge in [0.15, 0.2) is 0 Å². The molecule has 0 unspecified atom stereocenters. The lowest BCUT2D eigenvalue weighted by atomic mass is 10.1. The molecule has 0 N–H and O–H groups in total. The first-order chi connectivity index (χ1) is 10.3. The van der Waals surface area contributed by atoms with Crippen LogP contribution in [0.1, 0.15) is 27.9 Å². The number of esters is 1. The number of rotatable bonds is 4. The minimum absolute atomic E-state index is 0.358. The lowest BCUT2D eigenvalue weighted by Crippen LogP contribution is -2.04. The standard InChI is InChI=1S/C14H15N3O4/c1-19-13(18)11-4-2-3-10(7-11)8-17-9-12(15-16-17)14-20-5-6-21-14/h2-4,7,9,14H,5-6,8H2,1H3. The number of hydrogen-bond acceptors (Lipinski definition) is 6. The zero-order valence-corrected chi connectivity index (χ0v) is 11.6. The molecule has 1 saturated heterocycles. The minimum Gasteiger partial charge on any atom is -0.465 e. The lowest BCUT2D eigenvalue weighted by Gasteiger charge is -2.04. The Morgan fingerprint density at radius 3 is 3.00 bits per heavy atom. The van der Waals surface area contributed by atoms with Crippen LogP contribution < -0.4 is 0 Å². The molecular formula is C14H15N3O4. The number of carbonyl (C=O) groups is 1. The Morgan fingerprint density at radius 1 is 1.43 bits per heavy atom. The highest BCUT2D eigenvalue weighted by Gasteiger charge is 2.21. The number of carbonyl (C=O) groups excluding carboxylic acids is 1. The van der Waals surface area contributed by atoms with Crippen molar-refractivity contribution in [3.8, 4) is 0 Å². The summed E-state index contributed by atoms with van der Waals surface area (Å²) in [5.74, 6) is -0.358. The molecule has 1 aliphatic rings. The van der Waals surface area contributed by atoms with E-state index >= 15 is 0 Å². The molecule has 2 heterocycles. The molecule has 1 fully saturated rings. The average molecular weight is 289 g/mol. The van der Waals surface area contributed by atoms with E-state index in [0.29, 0.717) is 31.0 Å².